The number of H-pyrrole nitrogens is 2. The second-order valence-corrected chi connectivity index (χ2v) is 3.64. The fourth-order valence-electron chi connectivity index (χ4n) is 1.72. The first kappa shape index (κ1) is 9.71. The van der Waals surface area contributed by atoms with Gasteiger partial charge in [0.15, 0.2) is 5.58 Å². The molecule has 0 amide bonds. The smallest absolute Gasteiger partial charge is 0.408 e. The molecule has 3 rings (SSSR count). The number of oxazole rings is 1. The summed E-state index contributed by atoms with van der Waals surface area (Å²) < 4.78 is 4.94. The predicted octanol–water partition coefficient (Wildman–Crippen LogP) is 1.55. The Morgan fingerprint density at radius 1 is 1.35 bits per heavy atom. The lowest BCUT2D eigenvalue weighted by molar-refractivity contribution is 0.555. The molecule has 0 bridgehead atoms. The molecule has 3 N–H and O–H groups in total. The Kier molecular flexibility index (Phi) is 2.01. The molecule has 0 atom stereocenters. The highest BCUT2D eigenvalue weighted by atomic mass is 16.4. The number of aromatic amines is 2. The second-order valence-electron chi connectivity index (χ2n) is 3.64. The van der Waals surface area contributed by atoms with Crippen molar-refractivity contribution in [1.29, 1.82) is 0 Å². The van der Waals surface area contributed by atoms with Gasteiger partial charge in [-0.05, 0) is 18.2 Å². The lowest BCUT2D eigenvalue weighted by Gasteiger charge is -1.95. The molecule has 2 heterocycles. The SMILES string of the molecule is CNc1cc(-c2ccc3oc(=O)[nH]c3c2)[nH]n1. The van der Waals surface area contributed by atoms with Crippen molar-refractivity contribution in [3.05, 3.63) is 34.8 Å². The largest absolute Gasteiger partial charge is 0.417 e. The molecular weight excluding hydrogens is 220 g/mol. The maximum absolute atomic E-state index is 11.0. The highest BCUT2D eigenvalue weighted by Crippen LogP contribution is 2.22. The van der Waals surface area contributed by atoms with E-state index in [-0.39, 0.29) is 0 Å². The summed E-state index contributed by atoms with van der Waals surface area (Å²) in [4.78, 5) is 13.7. The third-order valence-electron chi connectivity index (χ3n) is 2.56. The van der Waals surface area contributed by atoms with Crippen LogP contribution in [0.15, 0.2) is 33.5 Å². The average molecular weight is 230 g/mol. The van der Waals surface area contributed by atoms with Crippen LogP contribution in [0, 0.1) is 0 Å². The van der Waals surface area contributed by atoms with Crippen molar-refractivity contribution >= 4 is 16.9 Å². The number of rotatable bonds is 2. The number of hydrogen-bond acceptors (Lipinski definition) is 4. The molecule has 0 radical (unpaired) electrons. The van der Waals surface area contributed by atoms with E-state index >= 15 is 0 Å². The van der Waals surface area contributed by atoms with Crippen molar-refractivity contribution in [3.63, 3.8) is 0 Å². The van der Waals surface area contributed by atoms with E-state index in [1.165, 1.54) is 0 Å². The average Bonchev–Trinajstić information content (AvgIpc) is 2.92. The zero-order valence-corrected chi connectivity index (χ0v) is 9.07. The molecule has 86 valence electrons. The van der Waals surface area contributed by atoms with Crippen LogP contribution in [0.5, 0.6) is 0 Å². The Morgan fingerprint density at radius 3 is 3.00 bits per heavy atom. The minimum atomic E-state index is -0.447. The van der Waals surface area contributed by atoms with E-state index in [0.29, 0.717) is 11.1 Å². The number of fused-ring (bicyclic) bond motifs is 1. The Hall–Kier alpha value is -2.50. The van der Waals surface area contributed by atoms with Crippen LogP contribution in [-0.2, 0) is 0 Å². The number of nitrogens with one attached hydrogen (secondary N) is 3. The van der Waals surface area contributed by atoms with E-state index in [9.17, 15) is 4.79 Å². The van der Waals surface area contributed by atoms with Crippen LogP contribution in [0.4, 0.5) is 5.82 Å². The first-order valence-electron chi connectivity index (χ1n) is 5.12. The van der Waals surface area contributed by atoms with Crippen LogP contribution < -0.4 is 11.1 Å². The standard InChI is InChI=1S/C11H10N4O2/c1-12-10-5-7(14-15-10)6-2-3-9-8(4-6)13-11(16)17-9/h2-5H,1H3,(H,13,16)(H2,12,14,15). The lowest BCUT2D eigenvalue weighted by Crippen LogP contribution is -1.92. The molecule has 0 saturated carbocycles. The van der Waals surface area contributed by atoms with Gasteiger partial charge in [-0.15, -0.1) is 0 Å². The fraction of sp³-hybridized carbons (Fsp3) is 0.0909. The van der Waals surface area contributed by atoms with Crippen LogP contribution in [0.1, 0.15) is 0 Å². The first-order chi connectivity index (χ1) is 8.26. The van der Waals surface area contributed by atoms with E-state index in [4.69, 9.17) is 4.42 Å². The predicted molar refractivity (Wildman–Crippen MR) is 64.0 cm³/mol. The lowest BCUT2D eigenvalue weighted by atomic mass is 10.1. The van der Waals surface area contributed by atoms with Gasteiger partial charge in [0.2, 0.25) is 0 Å². The number of anilines is 1. The highest BCUT2D eigenvalue weighted by molar-refractivity contribution is 5.79. The summed E-state index contributed by atoms with van der Waals surface area (Å²) in [7, 11) is 1.80. The summed E-state index contributed by atoms with van der Waals surface area (Å²) in [6.07, 6.45) is 0. The van der Waals surface area contributed by atoms with E-state index in [2.05, 4.69) is 20.5 Å². The summed E-state index contributed by atoms with van der Waals surface area (Å²) in [5.41, 5.74) is 3.03. The Labute approximate surface area is 95.7 Å². The number of hydrogen-bond donors (Lipinski definition) is 3. The normalized spacial score (nSPS) is 10.9. The zero-order valence-electron chi connectivity index (χ0n) is 9.07. The van der Waals surface area contributed by atoms with Crippen LogP contribution in [-0.4, -0.2) is 22.2 Å². The quantitative estimate of drug-likeness (QED) is 0.623. The van der Waals surface area contributed by atoms with Crippen molar-refractivity contribution in [3.8, 4) is 11.3 Å². The maximum Gasteiger partial charge on any atom is 0.417 e. The van der Waals surface area contributed by atoms with Crippen molar-refractivity contribution in [2.24, 2.45) is 0 Å². The van der Waals surface area contributed by atoms with Gasteiger partial charge in [-0.25, -0.2) is 4.79 Å². The van der Waals surface area contributed by atoms with Crippen molar-refractivity contribution in [1.82, 2.24) is 15.2 Å². The van der Waals surface area contributed by atoms with Gasteiger partial charge in [0.1, 0.15) is 5.82 Å². The van der Waals surface area contributed by atoms with Gasteiger partial charge in [-0.2, -0.15) is 5.10 Å². The third kappa shape index (κ3) is 1.59. The van der Waals surface area contributed by atoms with E-state index in [1.54, 1.807) is 13.1 Å². The van der Waals surface area contributed by atoms with Gasteiger partial charge in [-0.1, -0.05) is 0 Å². The van der Waals surface area contributed by atoms with Gasteiger partial charge in [0.25, 0.3) is 0 Å². The molecule has 1 aromatic carbocycles. The molecule has 0 unspecified atom stereocenters. The van der Waals surface area contributed by atoms with E-state index in [0.717, 1.165) is 17.1 Å². The van der Waals surface area contributed by atoms with Gasteiger partial charge < -0.3 is 9.73 Å². The fourth-order valence-corrected chi connectivity index (χ4v) is 1.72. The topological polar surface area (TPSA) is 86.7 Å². The van der Waals surface area contributed by atoms with E-state index in [1.807, 2.05) is 18.2 Å². The Bertz CT molecular complexity index is 722. The minimum absolute atomic E-state index is 0.447. The van der Waals surface area contributed by atoms with Gasteiger partial charge >= 0.3 is 5.76 Å². The number of benzene rings is 1. The minimum Gasteiger partial charge on any atom is -0.408 e. The molecule has 0 saturated heterocycles. The second kappa shape index (κ2) is 3.51. The molecule has 0 aliphatic carbocycles. The summed E-state index contributed by atoms with van der Waals surface area (Å²) in [5.74, 6) is 0.318. The van der Waals surface area contributed by atoms with E-state index < -0.39 is 5.76 Å². The molecule has 17 heavy (non-hydrogen) atoms. The van der Waals surface area contributed by atoms with Gasteiger partial charge in [0, 0.05) is 18.7 Å². The molecule has 0 spiro atoms. The number of aromatic nitrogens is 3. The van der Waals surface area contributed by atoms with Crippen molar-refractivity contribution in [2.45, 2.75) is 0 Å². The molecule has 0 fully saturated rings. The highest BCUT2D eigenvalue weighted by Gasteiger charge is 2.06. The molecule has 0 aliphatic rings. The Balaban J connectivity index is 2.13. The van der Waals surface area contributed by atoms with Gasteiger partial charge in [0.05, 0.1) is 11.2 Å². The van der Waals surface area contributed by atoms with Crippen LogP contribution >= 0.6 is 0 Å². The summed E-state index contributed by atoms with van der Waals surface area (Å²) in [5, 5.41) is 9.91. The maximum atomic E-state index is 11.0. The monoisotopic (exact) mass is 230 g/mol. The molecular formula is C11H10N4O2. The van der Waals surface area contributed by atoms with Crippen molar-refractivity contribution < 1.29 is 4.42 Å². The summed E-state index contributed by atoms with van der Waals surface area (Å²) >= 11 is 0. The molecule has 3 aromatic rings. The Morgan fingerprint density at radius 2 is 2.24 bits per heavy atom. The van der Waals surface area contributed by atoms with Crippen LogP contribution in [0.25, 0.3) is 22.4 Å². The van der Waals surface area contributed by atoms with Crippen molar-refractivity contribution in [2.75, 3.05) is 12.4 Å². The van der Waals surface area contributed by atoms with Gasteiger partial charge in [-0.3, -0.25) is 10.1 Å². The number of nitrogens with zero attached hydrogens (tertiary/aromatic N) is 1. The summed E-state index contributed by atoms with van der Waals surface area (Å²) in [6, 6.07) is 7.35. The summed E-state index contributed by atoms with van der Waals surface area (Å²) in [6.45, 7) is 0. The molecule has 0 aliphatic heterocycles. The molecule has 6 nitrogen and oxygen atoms in total. The first-order valence-corrected chi connectivity index (χ1v) is 5.12. The van der Waals surface area contributed by atoms with Crippen LogP contribution in [0.2, 0.25) is 0 Å². The van der Waals surface area contributed by atoms with Crippen LogP contribution in [0.3, 0.4) is 0 Å². The molecule has 6 heteroatoms. The zero-order chi connectivity index (χ0) is 11.8. The molecule has 2 aromatic heterocycles. The third-order valence-corrected chi connectivity index (χ3v) is 2.56.